The number of urea groups is 1. The highest BCUT2D eigenvalue weighted by molar-refractivity contribution is 5.75. The van der Waals surface area contributed by atoms with Crippen LogP contribution in [0.3, 0.4) is 0 Å². The van der Waals surface area contributed by atoms with Crippen LogP contribution >= 0.6 is 0 Å². The highest BCUT2D eigenvalue weighted by Gasteiger charge is 2.34. The van der Waals surface area contributed by atoms with Crippen LogP contribution in [-0.4, -0.2) is 41.7 Å². The number of amides is 2. The molecule has 2 heterocycles. The monoisotopic (exact) mass is 319 g/mol. The van der Waals surface area contributed by atoms with Crippen molar-refractivity contribution in [2.45, 2.75) is 45.7 Å². The maximum Gasteiger partial charge on any atom is 0.317 e. The first-order chi connectivity index (χ1) is 11.0. The van der Waals surface area contributed by atoms with Gasteiger partial charge >= 0.3 is 6.03 Å². The van der Waals surface area contributed by atoms with E-state index in [9.17, 15) is 9.59 Å². The van der Waals surface area contributed by atoms with Gasteiger partial charge < -0.3 is 19.9 Å². The molecule has 0 spiro atoms. The van der Waals surface area contributed by atoms with Crippen LogP contribution in [0.2, 0.25) is 0 Å². The minimum Gasteiger partial charge on any atom is -0.381 e. The molecule has 1 aromatic rings. The molecule has 6 heteroatoms. The molecule has 1 saturated carbocycles. The molecule has 3 rings (SSSR count). The summed E-state index contributed by atoms with van der Waals surface area (Å²) in [4.78, 5) is 29.3. The summed E-state index contributed by atoms with van der Waals surface area (Å²) >= 11 is 0. The highest BCUT2D eigenvalue weighted by atomic mass is 16.5. The molecule has 1 aromatic heterocycles. The number of rotatable bonds is 5. The summed E-state index contributed by atoms with van der Waals surface area (Å²) in [5, 5.41) is 2.92. The molecule has 1 atom stereocenters. The normalized spacial score (nSPS) is 20.5. The van der Waals surface area contributed by atoms with Gasteiger partial charge in [0, 0.05) is 36.4 Å². The topological polar surface area (TPSA) is 74.4 Å². The van der Waals surface area contributed by atoms with Gasteiger partial charge in [-0.2, -0.15) is 0 Å². The van der Waals surface area contributed by atoms with Gasteiger partial charge in [0.05, 0.1) is 13.2 Å². The Kier molecular flexibility index (Phi) is 4.71. The fourth-order valence-corrected chi connectivity index (χ4v) is 3.16. The van der Waals surface area contributed by atoms with Crippen molar-refractivity contribution >= 4 is 6.03 Å². The van der Waals surface area contributed by atoms with Crippen molar-refractivity contribution < 1.29 is 9.53 Å². The average Bonchev–Trinajstić information content (AvgIpc) is 3.19. The third kappa shape index (κ3) is 3.93. The van der Waals surface area contributed by atoms with Crippen LogP contribution in [0.25, 0.3) is 0 Å². The predicted octanol–water partition coefficient (Wildman–Crippen LogP) is 1.70. The van der Waals surface area contributed by atoms with Crippen molar-refractivity contribution in [1.29, 1.82) is 0 Å². The van der Waals surface area contributed by atoms with E-state index in [2.05, 4.69) is 10.3 Å². The molecule has 6 nitrogen and oxygen atoms in total. The van der Waals surface area contributed by atoms with E-state index in [1.807, 2.05) is 24.8 Å². The molecule has 2 fully saturated rings. The lowest BCUT2D eigenvalue weighted by molar-refractivity contribution is 0.162. The third-order valence-corrected chi connectivity index (χ3v) is 4.64. The maximum absolute atomic E-state index is 12.5. The molecule has 2 amide bonds. The van der Waals surface area contributed by atoms with Crippen LogP contribution in [0.5, 0.6) is 0 Å². The number of aromatic amines is 1. The molecule has 126 valence electrons. The van der Waals surface area contributed by atoms with Crippen molar-refractivity contribution in [3.8, 4) is 0 Å². The maximum atomic E-state index is 12.5. The smallest absolute Gasteiger partial charge is 0.317 e. The van der Waals surface area contributed by atoms with Gasteiger partial charge in [0.25, 0.3) is 5.56 Å². The van der Waals surface area contributed by atoms with Crippen LogP contribution in [0, 0.1) is 19.8 Å². The summed E-state index contributed by atoms with van der Waals surface area (Å²) in [6.45, 7) is 6.31. The first-order valence-corrected chi connectivity index (χ1v) is 8.36. The fraction of sp³-hybridized carbons (Fsp3) is 0.647. The molecule has 0 radical (unpaired) electrons. The molecule has 0 bridgehead atoms. The predicted molar refractivity (Wildman–Crippen MR) is 87.4 cm³/mol. The van der Waals surface area contributed by atoms with E-state index in [4.69, 9.17) is 4.74 Å². The summed E-state index contributed by atoms with van der Waals surface area (Å²) < 4.78 is 5.41. The van der Waals surface area contributed by atoms with Gasteiger partial charge in [-0.25, -0.2) is 4.79 Å². The molecule has 0 unspecified atom stereocenters. The number of hydrogen-bond donors (Lipinski definition) is 2. The number of ether oxygens (including phenoxy) is 1. The number of nitrogens with zero attached hydrogens (tertiary/aromatic N) is 1. The number of aromatic nitrogens is 1. The second kappa shape index (κ2) is 6.74. The van der Waals surface area contributed by atoms with Crippen molar-refractivity contribution in [1.82, 2.24) is 15.2 Å². The second-order valence-corrected chi connectivity index (χ2v) is 6.71. The van der Waals surface area contributed by atoms with Crippen molar-refractivity contribution in [2.75, 3.05) is 19.8 Å². The zero-order valence-electron chi connectivity index (χ0n) is 13.9. The lowest BCUT2D eigenvalue weighted by atomic mass is 10.1. The van der Waals surface area contributed by atoms with Crippen molar-refractivity contribution in [3.63, 3.8) is 0 Å². The molecule has 1 saturated heterocycles. The minimum absolute atomic E-state index is 0.0706. The number of carbonyl (C=O) groups is 1. The van der Waals surface area contributed by atoms with Crippen LogP contribution < -0.4 is 10.9 Å². The zero-order chi connectivity index (χ0) is 16.4. The van der Waals surface area contributed by atoms with Crippen LogP contribution in [0.1, 0.15) is 36.1 Å². The summed E-state index contributed by atoms with van der Waals surface area (Å²) in [6, 6.07) is 2.21. The Balaban J connectivity index is 1.62. The Bertz CT molecular complexity index is 630. The molecule has 2 N–H and O–H groups in total. The SMILES string of the molecule is Cc1cc(C)c(CNC(=O)N(C[C@@H]2CCOC2)C2CC2)c(=O)[nH]1. The molecule has 23 heavy (non-hydrogen) atoms. The Morgan fingerprint density at radius 1 is 1.39 bits per heavy atom. The van der Waals surface area contributed by atoms with E-state index in [1.165, 1.54) is 0 Å². The second-order valence-electron chi connectivity index (χ2n) is 6.71. The summed E-state index contributed by atoms with van der Waals surface area (Å²) in [6.07, 6.45) is 3.17. The van der Waals surface area contributed by atoms with Gasteiger partial charge in [0.2, 0.25) is 0 Å². The van der Waals surface area contributed by atoms with Gasteiger partial charge in [-0.15, -0.1) is 0 Å². The molecule has 1 aliphatic heterocycles. The zero-order valence-corrected chi connectivity index (χ0v) is 13.9. The number of H-pyrrole nitrogens is 1. The number of pyridine rings is 1. The molecule has 1 aliphatic carbocycles. The summed E-state index contributed by atoms with van der Waals surface area (Å²) in [5.41, 5.74) is 2.26. The molecular formula is C17H25N3O3. The molecule has 0 aromatic carbocycles. The average molecular weight is 319 g/mol. The quantitative estimate of drug-likeness (QED) is 0.867. The third-order valence-electron chi connectivity index (χ3n) is 4.64. The Morgan fingerprint density at radius 2 is 2.17 bits per heavy atom. The van der Waals surface area contributed by atoms with E-state index in [-0.39, 0.29) is 18.1 Å². The minimum atomic E-state index is -0.120. The van der Waals surface area contributed by atoms with Crippen LogP contribution in [0.4, 0.5) is 4.79 Å². The highest BCUT2D eigenvalue weighted by Crippen LogP contribution is 2.29. The Labute approximate surface area is 136 Å². The number of aryl methyl sites for hydroxylation is 2. The van der Waals surface area contributed by atoms with E-state index < -0.39 is 0 Å². The van der Waals surface area contributed by atoms with E-state index >= 15 is 0 Å². The van der Waals surface area contributed by atoms with Crippen molar-refractivity contribution in [3.05, 3.63) is 33.2 Å². The lowest BCUT2D eigenvalue weighted by Gasteiger charge is -2.25. The Morgan fingerprint density at radius 3 is 2.78 bits per heavy atom. The number of nitrogens with one attached hydrogen (secondary N) is 2. The lowest BCUT2D eigenvalue weighted by Crippen LogP contribution is -2.44. The van der Waals surface area contributed by atoms with Gasteiger partial charge in [-0.1, -0.05) is 0 Å². The summed E-state index contributed by atoms with van der Waals surface area (Å²) in [7, 11) is 0. The van der Waals surface area contributed by atoms with Gasteiger partial charge in [-0.05, 0) is 44.7 Å². The van der Waals surface area contributed by atoms with Gasteiger partial charge in [-0.3, -0.25) is 4.79 Å². The van der Waals surface area contributed by atoms with Crippen LogP contribution in [0.15, 0.2) is 10.9 Å². The van der Waals surface area contributed by atoms with E-state index in [0.717, 1.165) is 50.3 Å². The summed E-state index contributed by atoms with van der Waals surface area (Å²) in [5.74, 6) is 0.436. The molecular weight excluding hydrogens is 294 g/mol. The van der Waals surface area contributed by atoms with E-state index in [0.29, 0.717) is 17.5 Å². The number of hydrogen-bond acceptors (Lipinski definition) is 3. The van der Waals surface area contributed by atoms with Gasteiger partial charge in [0.15, 0.2) is 0 Å². The fourth-order valence-electron chi connectivity index (χ4n) is 3.16. The van der Waals surface area contributed by atoms with E-state index in [1.54, 1.807) is 0 Å². The standard InChI is InChI=1S/C17H25N3O3/c1-11-7-12(2)19-16(21)15(11)8-18-17(22)20(14-3-4-14)9-13-5-6-23-10-13/h7,13-14H,3-6,8-10H2,1-2H3,(H,18,22)(H,19,21)/t13-/m0/s1. The van der Waals surface area contributed by atoms with Crippen LogP contribution in [-0.2, 0) is 11.3 Å². The largest absolute Gasteiger partial charge is 0.381 e. The first-order valence-electron chi connectivity index (χ1n) is 8.36. The first kappa shape index (κ1) is 16.1. The molecule has 2 aliphatic rings. The van der Waals surface area contributed by atoms with Gasteiger partial charge in [0.1, 0.15) is 0 Å². The van der Waals surface area contributed by atoms with Crippen molar-refractivity contribution in [2.24, 2.45) is 5.92 Å². The number of carbonyl (C=O) groups excluding carboxylic acids is 1. The Hall–Kier alpha value is -1.82.